The van der Waals surface area contributed by atoms with Crippen LogP contribution < -0.4 is 5.19 Å². The average molecular weight is 951 g/mol. The number of pyridine rings is 2. The molecule has 0 aliphatic heterocycles. The Bertz CT molecular complexity index is 2950. The van der Waals surface area contributed by atoms with Crippen molar-refractivity contribution in [3.8, 4) is 39.5 Å². The van der Waals surface area contributed by atoms with Crippen LogP contribution in [0, 0.1) is 12.1 Å². The minimum absolute atomic E-state index is 0. The van der Waals surface area contributed by atoms with Crippen molar-refractivity contribution in [1.82, 2.24) is 19.5 Å². The summed E-state index contributed by atoms with van der Waals surface area (Å²) in [6.45, 7) is 18.5. The van der Waals surface area contributed by atoms with Crippen LogP contribution >= 0.6 is 0 Å². The summed E-state index contributed by atoms with van der Waals surface area (Å²) in [7, 11) is -1.23. The van der Waals surface area contributed by atoms with Crippen molar-refractivity contribution >= 4 is 46.4 Å². The van der Waals surface area contributed by atoms with E-state index >= 15 is 0 Å². The van der Waals surface area contributed by atoms with Crippen LogP contribution in [0.3, 0.4) is 0 Å². The molecule has 1 aliphatic rings. The minimum Gasteiger partial charge on any atom is -0.486 e. The van der Waals surface area contributed by atoms with Gasteiger partial charge in [0.05, 0.1) is 30.5 Å². The zero-order valence-electron chi connectivity index (χ0n) is 34.2. The van der Waals surface area contributed by atoms with Gasteiger partial charge in [0.25, 0.3) is 0 Å². The number of hydrogen-bond acceptors (Lipinski definition) is 4. The molecule has 4 aromatic heterocycles. The summed E-state index contributed by atoms with van der Waals surface area (Å²) in [4.78, 5) is 14.1. The third kappa shape index (κ3) is 6.85. The van der Waals surface area contributed by atoms with E-state index in [1.54, 1.807) is 6.20 Å². The van der Waals surface area contributed by atoms with Gasteiger partial charge in [-0.1, -0.05) is 114 Å². The molecule has 1 aliphatic carbocycles. The van der Waals surface area contributed by atoms with Crippen LogP contribution in [-0.4, -0.2) is 27.6 Å². The molecular formula is C51H46IrN4OSi-2. The molecule has 0 saturated carbocycles. The Morgan fingerprint density at radius 2 is 1.48 bits per heavy atom. The first-order chi connectivity index (χ1) is 27.3. The van der Waals surface area contributed by atoms with Gasteiger partial charge in [-0.15, -0.1) is 54.1 Å². The molecule has 10 rings (SSSR count). The summed E-state index contributed by atoms with van der Waals surface area (Å²) in [5.41, 5.74) is 14.0. The molecule has 5 aromatic carbocycles. The molecular weight excluding hydrogens is 905 g/mol. The molecule has 0 bridgehead atoms. The fraction of sp³-hybridized carbons (Fsp3) is 0.196. The van der Waals surface area contributed by atoms with Gasteiger partial charge in [0, 0.05) is 49.0 Å². The van der Waals surface area contributed by atoms with Crippen molar-refractivity contribution in [1.29, 1.82) is 0 Å². The zero-order chi connectivity index (χ0) is 39.7. The number of imidazole rings is 1. The predicted octanol–water partition coefficient (Wildman–Crippen LogP) is 12.5. The number of furan rings is 1. The van der Waals surface area contributed by atoms with E-state index in [0.717, 1.165) is 55.7 Å². The first-order valence-corrected chi connectivity index (χ1v) is 23.2. The second-order valence-corrected chi connectivity index (χ2v) is 22.7. The van der Waals surface area contributed by atoms with E-state index in [9.17, 15) is 0 Å². The molecule has 0 N–H and O–H groups in total. The summed E-state index contributed by atoms with van der Waals surface area (Å²) in [5.74, 6) is 0.805. The maximum atomic E-state index is 6.32. The van der Waals surface area contributed by atoms with Gasteiger partial charge < -0.3 is 14.0 Å². The molecule has 5 nitrogen and oxygen atoms in total. The van der Waals surface area contributed by atoms with Crippen molar-refractivity contribution in [2.75, 3.05) is 0 Å². The van der Waals surface area contributed by atoms with E-state index in [4.69, 9.17) is 9.40 Å². The Labute approximate surface area is 355 Å². The molecule has 58 heavy (non-hydrogen) atoms. The standard InChI is InChI=1S/C37H30N3O.C14H16NSi.Ir/c1-36(2,3)22-15-17-24-25-18-16-23(21-30(25)37(4,5)29(24)20-22)40-32-14-7-6-13-31(32)39-34(40)28-11-8-10-26-27-12-9-19-38-35(27)41-33(26)28;1-16(2,3)13-9-10-14(15-11-13)12-7-5-4-6-8-12;/h6-10,12-21H,1-5H3;4-7,9-11H,1-3H3;/q2*-1;. The number of nitrogens with zero attached hydrogens (tertiary/aromatic N) is 4. The van der Waals surface area contributed by atoms with Crippen LogP contribution in [-0.2, 0) is 30.9 Å². The van der Waals surface area contributed by atoms with Gasteiger partial charge in [0.15, 0.2) is 0 Å². The van der Waals surface area contributed by atoms with Crippen molar-refractivity contribution in [3.63, 3.8) is 0 Å². The fourth-order valence-corrected chi connectivity index (χ4v) is 9.11. The molecule has 0 amide bonds. The van der Waals surface area contributed by atoms with Crippen LogP contribution in [0.1, 0.15) is 51.3 Å². The number of hydrogen-bond donors (Lipinski definition) is 0. The maximum Gasteiger partial charge on any atom is 0.216 e. The van der Waals surface area contributed by atoms with E-state index < -0.39 is 8.07 Å². The smallest absolute Gasteiger partial charge is 0.216 e. The molecule has 291 valence electrons. The third-order valence-corrected chi connectivity index (χ3v) is 13.4. The maximum absolute atomic E-state index is 6.32. The topological polar surface area (TPSA) is 56.7 Å². The zero-order valence-corrected chi connectivity index (χ0v) is 37.6. The molecule has 0 saturated heterocycles. The Balaban J connectivity index is 0.000000233. The van der Waals surface area contributed by atoms with Crippen molar-refractivity contribution in [3.05, 3.63) is 163 Å². The SMILES string of the molecule is CC(C)(C)c1ccc2c(c1)C(C)(C)c1cc(-n3c(-c4[c-]ccc5c4oc4ncccc45)nc4ccccc43)ccc1-2.C[Si](C)(C)c1ccc(-c2[c-]cccc2)nc1.[Ir]. The largest absolute Gasteiger partial charge is 0.486 e. The Morgan fingerprint density at radius 1 is 0.724 bits per heavy atom. The van der Waals surface area contributed by atoms with Crippen LogP contribution in [0.25, 0.3) is 72.6 Å². The average Bonchev–Trinajstić information content (AvgIpc) is 3.86. The Kier molecular flexibility index (Phi) is 10.00. The van der Waals surface area contributed by atoms with E-state index in [1.807, 2.05) is 60.8 Å². The summed E-state index contributed by atoms with van der Waals surface area (Å²) in [6.07, 6.45) is 3.78. The van der Waals surface area contributed by atoms with Gasteiger partial charge in [-0.2, -0.15) is 0 Å². The van der Waals surface area contributed by atoms with Gasteiger partial charge in [-0.3, -0.25) is 4.98 Å². The normalized spacial score (nSPS) is 13.2. The van der Waals surface area contributed by atoms with Crippen LogP contribution in [0.2, 0.25) is 19.6 Å². The van der Waals surface area contributed by atoms with E-state index in [0.29, 0.717) is 5.71 Å². The summed E-state index contributed by atoms with van der Waals surface area (Å²) in [6, 6.07) is 49.1. The van der Waals surface area contributed by atoms with Crippen LogP contribution in [0.4, 0.5) is 0 Å². The first kappa shape index (κ1) is 39.4. The van der Waals surface area contributed by atoms with Gasteiger partial charge >= 0.3 is 0 Å². The second-order valence-electron chi connectivity index (χ2n) is 17.6. The first-order valence-electron chi connectivity index (χ1n) is 19.7. The number of aromatic nitrogens is 4. The molecule has 0 spiro atoms. The van der Waals surface area contributed by atoms with Gasteiger partial charge in [-0.25, -0.2) is 4.98 Å². The molecule has 9 aromatic rings. The molecule has 0 fully saturated rings. The minimum atomic E-state index is -1.23. The van der Waals surface area contributed by atoms with Crippen molar-refractivity contribution < 1.29 is 24.5 Å². The molecule has 0 unspecified atom stereocenters. The van der Waals surface area contributed by atoms with Gasteiger partial charge in [0.1, 0.15) is 0 Å². The number of para-hydroxylation sites is 2. The molecule has 0 atom stereocenters. The van der Waals surface area contributed by atoms with E-state index in [-0.39, 0.29) is 30.9 Å². The number of rotatable bonds is 4. The van der Waals surface area contributed by atoms with Gasteiger partial charge in [0.2, 0.25) is 5.71 Å². The summed E-state index contributed by atoms with van der Waals surface area (Å²) in [5, 5.41) is 3.40. The quantitative estimate of drug-likeness (QED) is 0.130. The monoisotopic (exact) mass is 951 g/mol. The van der Waals surface area contributed by atoms with E-state index in [2.05, 4.69) is 148 Å². The van der Waals surface area contributed by atoms with Gasteiger partial charge in [-0.05, 0) is 80.5 Å². The Hall–Kier alpha value is -5.46. The molecule has 4 heterocycles. The van der Waals surface area contributed by atoms with Crippen molar-refractivity contribution in [2.45, 2.75) is 65.1 Å². The third-order valence-electron chi connectivity index (χ3n) is 11.4. The summed E-state index contributed by atoms with van der Waals surface area (Å²) < 4.78 is 8.57. The fourth-order valence-electron chi connectivity index (χ4n) is 8.08. The number of fused-ring (bicyclic) bond motifs is 7. The van der Waals surface area contributed by atoms with Crippen LogP contribution in [0.5, 0.6) is 0 Å². The predicted molar refractivity (Wildman–Crippen MR) is 238 cm³/mol. The Morgan fingerprint density at radius 3 is 2.21 bits per heavy atom. The summed E-state index contributed by atoms with van der Waals surface area (Å²) >= 11 is 0. The number of benzene rings is 5. The second kappa shape index (κ2) is 14.7. The molecule has 7 heteroatoms. The van der Waals surface area contributed by atoms with E-state index in [1.165, 1.54) is 33.0 Å². The molecule has 1 radical (unpaired) electrons. The van der Waals surface area contributed by atoms with Crippen LogP contribution in [0.15, 0.2) is 138 Å². The van der Waals surface area contributed by atoms with Crippen molar-refractivity contribution in [2.24, 2.45) is 0 Å².